The standard InChI is InChI=1S/C16H21N3O6/c1-10(8-18-16(23)24)15(22)19-12(14(17)21)7-13(20)25-9-11-5-3-2-4-6-11/h2-6,10,12,18H,7-9H2,1H3,(H2,17,21)(H,19,22)(H,23,24)/t10?,12-/m0/s1. The molecule has 5 N–H and O–H groups in total. The van der Waals surface area contributed by atoms with E-state index < -0.39 is 42.3 Å². The molecule has 136 valence electrons. The van der Waals surface area contributed by atoms with Crippen LogP contribution < -0.4 is 16.4 Å². The van der Waals surface area contributed by atoms with Crippen LogP contribution in [-0.4, -0.2) is 41.6 Å². The molecule has 0 radical (unpaired) electrons. The lowest BCUT2D eigenvalue weighted by atomic mass is 10.1. The zero-order valence-corrected chi connectivity index (χ0v) is 13.7. The van der Waals surface area contributed by atoms with Crippen molar-refractivity contribution in [3.8, 4) is 0 Å². The first-order valence-electron chi connectivity index (χ1n) is 7.55. The fourth-order valence-corrected chi connectivity index (χ4v) is 1.83. The molecule has 0 aromatic heterocycles. The zero-order chi connectivity index (χ0) is 18.8. The lowest BCUT2D eigenvalue weighted by Crippen LogP contribution is -2.49. The lowest BCUT2D eigenvalue weighted by molar-refractivity contribution is -0.147. The van der Waals surface area contributed by atoms with E-state index in [2.05, 4.69) is 10.6 Å². The van der Waals surface area contributed by atoms with Crippen LogP contribution in [0.4, 0.5) is 4.79 Å². The van der Waals surface area contributed by atoms with Crippen LogP contribution in [0.2, 0.25) is 0 Å². The Bertz CT molecular complexity index is 620. The van der Waals surface area contributed by atoms with Gasteiger partial charge in [-0.2, -0.15) is 0 Å². The quantitative estimate of drug-likeness (QED) is 0.460. The van der Waals surface area contributed by atoms with Crippen LogP contribution in [0.3, 0.4) is 0 Å². The molecule has 1 aromatic carbocycles. The number of rotatable bonds is 9. The number of primary amides is 1. The molecule has 0 fully saturated rings. The molecule has 0 spiro atoms. The van der Waals surface area contributed by atoms with Crippen LogP contribution in [0.1, 0.15) is 18.9 Å². The van der Waals surface area contributed by atoms with Crippen LogP contribution >= 0.6 is 0 Å². The van der Waals surface area contributed by atoms with Crippen LogP contribution in [-0.2, 0) is 25.7 Å². The highest BCUT2D eigenvalue weighted by Gasteiger charge is 2.25. The summed E-state index contributed by atoms with van der Waals surface area (Å²) in [5.74, 6) is -2.92. The van der Waals surface area contributed by atoms with Crippen molar-refractivity contribution in [1.82, 2.24) is 10.6 Å². The summed E-state index contributed by atoms with van der Waals surface area (Å²) in [5.41, 5.74) is 5.97. The Labute approximate surface area is 144 Å². The fourth-order valence-electron chi connectivity index (χ4n) is 1.83. The van der Waals surface area contributed by atoms with E-state index in [4.69, 9.17) is 15.6 Å². The summed E-state index contributed by atoms with van der Waals surface area (Å²) < 4.78 is 5.04. The van der Waals surface area contributed by atoms with Gasteiger partial charge >= 0.3 is 12.1 Å². The lowest BCUT2D eigenvalue weighted by Gasteiger charge is -2.18. The number of carboxylic acid groups (broad SMARTS) is 1. The molecule has 0 saturated carbocycles. The predicted octanol–water partition coefficient (Wildman–Crippen LogP) is -0.00630. The summed E-state index contributed by atoms with van der Waals surface area (Å²) in [6, 6.07) is 7.73. The Morgan fingerprint density at radius 2 is 1.84 bits per heavy atom. The van der Waals surface area contributed by atoms with Gasteiger partial charge in [-0.15, -0.1) is 0 Å². The SMILES string of the molecule is CC(CNC(=O)O)C(=O)N[C@@H](CC(=O)OCc1ccccc1)C(N)=O. The van der Waals surface area contributed by atoms with Crippen molar-refractivity contribution >= 4 is 23.9 Å². The van der Waals surface area contributed by atoms with E-state index >= 15 is 0 Å². The first kappa shape index (κ1) is 19.9. The van der Waals surface area contributed by atoms with Crippen LogP contribution in [0, 0.1) is 5.92 Å². The van der Waals surface area contributed by atoms with Gasteiger partial charge < -0.3 is 26.2 Å². The van der Waals surface area contributed by atoms with Crippen molar-refractivity contribution < 1.29 is 29.0 Å². The highest BCUT2D eigenvalue weighted by Crippen LogP contribution is 2.04. The summed E-state index contributed by atoms with van der Waals surface area (Å²) in [6.07, 6.45) is -1.68. The Morgan fingerprint density at radius 3 is 2.40 bits per heavy atom. The summed E-state index contributed by atoms with van der Waals surface area (Å²) in [6.45, 7) is 1.38. The number of hydrogen-bond acceptors (Lipinski definition) is 5. The van der Waals surface area contributed by atoms with Gasteiger partial charge in [0, 0.05) is 6.54 Å². The number of nitrogens with two attached hydrogens (primary N) is 1. The number of carbonyl (C=O) groups is 4. The molecule has 0 heterocycles. The minimum absolute atomic E-state index is 0.0397. The second-order valence-corrected chi connectivity index (χ2v) is 5.40. The van der Waals surface area contributed by atoms with E-state index in [-0.39, 0.29) is 13.2 Å². The van der Waals surface area contributed by atoms with Crippen molar-refractivity contribution in [1.29, 1.82) is 0 Å². The van der Waals surface area contributed by atoms with Gasteiger partial charge in [0.05, 0.1) is 12.3 Å². The van der Waals surface area contributed by atoms with Crippen molar-refractivity contribution in [3.63, 3.8) is 0 Å². The molecule has 3 amide bonds. The molecule has 1 rings (SSSR count). The van der Waals surface area contributed by atoms with Gasteiger partial charge in [-0.25, -0.2) is 4.79 Å². The molecular weight excluding hydrogens is 330 g/mol. The smallest absolute Gasteiger partial charge is 0.404 e. The third-order valence-corrected chi connectivity index (χ3v) is 3.28. The molecule has 0 aliphatic heterocycles. The first-order valence-corrected chi connectivity index (χ1v) is 7.55. The van der Waals surface area contributed by atoms with E-state index in [1.165, 1.54) is 6.92 Å². The molecular formula is C16H21N3O6. The summed E-state index contributed by atoms with van der Waals surface area (Å²) >= 11 is 0. The Balaban J connectivity index is 2.50. The number of benzene rings is 1. The topological polar surface area (TPSA) is 148 Å². The molecule has 2 atom stereocenters. The third kappa shape index (κ3) is 7.82. The van der Waals surface area contributed by atoms with Gasteiger partial charge in [0.25, 0.3) is 0 Å². The number of ether oxygens (including phenoxy) is 1. The minimum atomic E-state index is -1.27. The van der Waals surface area contributed by atoms with Gasteiger partial charge in [-0.05, 0) is 5.56 Å². The molecule has 1 unspecified atom stereocenters. The van der Waals surface area contributed by atoms with Crippen molar-refractivity contribution in [2.24, 2.45) is 11.7 Å². The molecule has 0 aliphatic carbocycles. The second-order valence-electron chi connectivity index (χ2n) is 5.40. The number of carbonyl (C=O) groups excluding carboxylic acids is 3. The van der Waals surface area contributed by atoms with Gasteiger partial charge in [-0.3, -0.25) is 14.4 Å². The molecule has 0 saturated heterocycles. The number of hydrogen-bond donors (Lipinski definition) is 4. The van der Waals surface area contributed by atoms with Gasteiger partial charge in [0.2, 0.25) is 11.8 Å². The largest absolute Gasteiger partial charge is 0.465 e. The number of esters is 1. The zero-order valence-electron chi connectivity index (χ0n) is 13.7. The summed E-state index contributed by atoms with van der Waals surface area (Å²) in [5, 5.41) is 12.9. The average Bonchev–Trinajstić information content (AvgIpc) is 2.57. The Kier molecular flexibility index (Phi) is 7.91. The van der Waals surface area contributed by atoms with Crippen molar-refractivity contribution in [3.05, 3.63) is 35.9 Å². The van der Waals surface area contributed by atoms with Gasteiger partial charge in [0.15, 0.2) is 0 Å². The van der Waals surface area contributed by atoms with E-state index in [9.17, 15) is 19.2 Å². The Morgan fingerprint density at radius 1 is 1.20 bits per heavy atom. The maximum Gasteiger partial charge on any atom is 0.404 e. The molecule has 0 bridgehead atoms. The molecule has 1 aromatic rings. The maximum absolute atomic E-state index is 11.9. The van der Waals surface area contributed by atoms with Gasteiger partial charge in [-0.1, -0.05) is 37.3 Å². The van der Waals surface area contributed by atoms with E-state index in [0.29, 0.717) is 0 Å². The average molecular weight is 351 g/mol. The van der Waals surface area contributed by atoms with E-state index in [1.807, 2.05) is 6.07 Å². The Hall–Kier alpha value is -3.10. The normalized spacial score (nSPS) is 12.5. The molecule has 9 nitrogen and oxygen atoms in total. The van der Waals surface area contributed by atoms with E-state index in [1.54, 1.807) is 24.3 Å². The number of nitrogens with one attached hydrogen (secondary N) is 2. The van der Waals surface area contributed by atoms with Crippen molar-refractivity contribution in [2.75, 3.05) is 6.54 Å². The highest BCUT2D eigenvalue weighted by molar-refractivity contribution is 5.90. The van der Waals surface area contributed by atoms with Crippen molar-refractivity contribution in [2.45, 2.75) is 26.0 Å². The number of amides is 3. The molecule has 0 aliphatic rings. The fraction of sp³-hybridized carbons (Fsp3) is 0.375. The van der Waals surface area contributed by atoms with Crippen LogP contribution in [0.15, 0.2) is 30.3 Å². The van der Waals surface area contributed by atoms with E-state index in [0.717, 1.165) is 5.56 Å². The maximum atomic E-state index is 11.9. The minimum Gasteiger partial charge on any atom is -0.465 e. The first-order chi connectivity index (χ1) is 11.8. The summed E-state index contributed by atoms with van der Waals surface area (Å²) in [4.78, 5) is 45.6. The van der Waals surface area contributed by atoms with Crippen LogP contribution in [0.25, 0.3) is 0 Å². The monoisotopic (exact) mass is 351 g/mol. The summed E-state index contributed by atoms with van der Waals surface area (Å²) in [7, 11) is 0. The second kappa shape index (κ2) is 9.91. The van der Waals surface area contributed by atoms with Crippen LogP contribution in [0.5, 0.6) is 0 Å². The third-order valence-electron chi connectivity index (χ3n) is 3.28. The predicted molar refractivity (Wildman–Crippen MR) is 87.2 cm³/mol. The highest BCUT2D eigenvalue weighted by atomic mass is 16.5. The molecule has 9 heteroatoms. The van der Waals surface area contributed by atoms with Gasteiger partial charge in [0.1, 0.15) is 12.6 Å². The molecule has 25 heavy (non-hydrogen) atoms.